The Hall–Kier alpha value is -2.40. The summed E-state index contributed by atoms with van der Waals surface area (Å²) in [5.41, 5.74) is 7.94. The van der Waals surface area contributed by atoms with Crippen LogP contribution in [0.2, 0.25) is 0 Å². The molecule has 1 aliphatic heterocycles. The summed E-state index contributed by atoms with van der Waals surface area (Å²) in [6.45, 7) is 0. The van der Waals surface area contributed by atoms with Gasteiger partial charge in [0.1, 0.15) is 16.5 Å². The van der Waals surface area contributed by atoms with Crippen molar-refractivity contribution >= 4 is 16.5 Å². The van der Waals surface area contributed by atoms with Crippen LogP contribution in [0.1, 0.15) is 22.1 Å². The molecule has 0 unspecified atom stereocenters. The minimum atomic E-state index is 0.0333. The maximum absolute atomic E-state index is 5.96. The molecule has 0 radical (unpaired) electrons. The Bertz CT molecular complexity index is 739. The molecule has 4 nitrogen and oxygen atoms in total. The Morgan fingerprint density at radius 2 is 1.50 bits per heavy atom. The third-order valence-corrected chi connectivity index (χ3v) is 4.20. The molecule has 1 aromatic heterocycles. The highest BCUT2D eigenvalue weighted by Gasteiger charge is 2.30. The predicted molar refractivity (Wildman–Crippen MR) is 78.2 cm³/mol. The van der Waals surface area contributed by atoms with Gasteiger partial charge < -0.3 is 10.5 Å². The van der Waals surface area contributed by atoms with E-state index in [1.807, 2.05) is 36.4 Å². The van der Waals surface area contributed by atoms with Crippen molar-refractivity contribution in [2.75, 3.05) is 5.73 Å². The Balaban J connectivity index is 1.97. The first-order valence-electron chi connectivity index (χ1n) is 6.27. The van der Waals surface area contributed by atoms with E-state index in [-0.39, 0.29) is 5.92 Å². The SMILES string of the molecule is Nc1nnc(C2c3ccccc3Oc3ccccc32)s1. The van der Waals surface area contributed by atoms with Gasteiger partial charge >= 0.3 is 0 Å². The zero-order valence-electron chi connectivity index (χ0n) is 10.5. The lowest BCUT2D eigenvalue weighted by Gasteiger charge is -2.26. The van der Waals surface area contributed by atoms with Gasteiger partial charge in [0.05, 0.1) is 5.92 Å². The summed E-state index contributed by atoms with van der Waals surface area (Å²) in [4.78, 5) is 0. The van der Waals surface area contributed by atoms with Gasteiger partial charge in [0, 0.05) is 11.1 Å². The molecule has 3 aromatic rings. The van der Waals surface area contributed by atoms with Crippen molar-refractivity contribution in [1.29, 1.82) is 0 Å². The molecule has 0 fully saturated rings. The molecule has 0 amide bonds. The molecular formula is C15H11N3OS. The molecule has 0 spiro atoms. The van der Waals surface area contributed by atoms with Crippen LogP contribution in [0.25, 0.3) is 0 Å². The lowest BCUT2D eigenvalue weighted by atomic mass is 9.88. The number of aromatic nitrogens is 2. The topological polar surface area (TPSA) is 61.0 Å². The van der Waals surface area contributed by atoms with E-state index in [9.17, 15) is 0 Å². The molecule has 2 aromatic carbocycles. The van der Waals surface area contributed by atoms with Crippen LogP contribution in [0, 0.1) is 0 Å². The summed E-state index contributed by atoms with van der Waals surface area (Å²) >= 11 is 1.42. The summed E-state index contributed by atoms with van der Waals surface area (Å²) in [6, 6.07) is 16.0. The number of nitrogens with zero attached hydrogens (tertiary/aromatic N) is 2. The Morgan fingerprint density at radius 1 is 0.900 bits per heavy atom. The van der Waals surface area contributed by atoms with Gasteiger partial charge in [0.2, 0.25) is 5.13 Å². The summed E-state index contributed by atoms with van der Waals surface area (Å²) in [7, 11) is 0. The quantitative estimate of drug-likeness (QED) is 0.581. The maximum Gasteiger partial charge on any atom is 0.203 e. The van der Waals surface area contributed by atoms with Gasteiger partial charge in [-0.15, -0.1) is 10.2 Å². The Morgan fingerprint density at radius 3 is 2.05 bits per heavy atom. The Kier molecular flexibility index (Phi) is 2.47. The summed E-state index contributed by atoms with van der Waals surface area (Å²) < 4.78 is 5.96. The fraction of sp³-hybridized carbons (Fsp3) is 0.0667. The van der Waals surface area contributed by atoms with Crippen LogP contribution in [0.3, 0.4) is 0 Å². The van der Waals surface area contributed by atoms with E-state index >= 15 is 0 Å². The monoisotopic (exact) mass is 281 g/mol. The minimum Gasteiger partial charge on any atom is -0.457 e. The molecule has 0 bridgehead atoms. The van der Waals surface area contributed by atoms with Crippen LogP contribution in [0.4, 0.5) is 5.13 Å². The average molecular weight is 281 g/mol. The highest BCUT2D eigenvalue weighted by molar-refractivity contribution is 7.15. The molecule has 0 atom stereocenters. The molecule has 0 aliphatic carbocycles. The number of anilines is 1. The molecule has 98 valence electrons. The standard InChI is InChI=1S/C15H11N3OS/c16-15-18-17-14(20-15)13-9-5-1-3-7-11(9)19-12-8-4-2-6-10(12)13/h1-8,13H,(H2,16,18). The van der Waals surface area contributed by atoms with E-state index in [0.29, 0.717) is 5.13 Å². The van der Waals surface area contributed by atoms with E-state index < -0.39 is 0 Å². The normalized spacial score (nSPS) is 13.4. The van der Waals surface area contributed by atoms with E-state index in [4.69, 9.17) is 10.5 Å². The van der Waals surface area contributed by atoms with Crippen molar-refractivity contribution in [3.05, 3.63) is 64.7 Å². The van der Waals surface area contributed by atoms with Gasteiger partial charge in [-0.05, 0) is 12.1 Å². The van der Waals surface area contributed by atoms with Gasteiger partial charge in [-0.2, -0.15) is 0 Å². The summed E-state index contributed by atoms with van der Waals surface area (Å²) in [6.07, 6.45) is 0. The van der Waals surface area contributed by atoms with Crippen LogP contribution in [-0.4, -0.2) is 10.2 Å². The van der Waals surface area contributed by atoms with E-state index in [1.54, 1.807) is 0 Å². The van der Waals surface area contributed by atoms with Crippen molar-refractivity contribution in [2.45, 2.75) is 5.92 Å². The predicted octanol–water partition coefficient (Wildman–Crippen LogP) is 3.41. The van der Waals surface area contributed by atoms with Crippen LogP contribution in [-0.2, 0) is 0 Å². The number of hydrogen-bond acceptors (Lipinski definition) is 5. The first-order valence-corrected chi connectivity index (χ1v) is 7.09. The fourth-order valence-corrected chi connectivity index (χ4v) is 3.29. The highest BCUT2D eigenvalue weighted by Crippen LogP contribution is 2.47. The number of rotatable bonds is 1. The fourth-order valence-electron chi connectivity index (χ4n) is 2.54. The zero-order chi connectivity index (χ0) is 13.5. The van der Waals surface area contributed by atoms with Gasteiger partial charge in [0.25, 0.3) is 0 Å². The number of nitrogen functional groups attached to an aromatic ring is 1. The highest BCUT2D eigenvalue weighted by atomic mass is 32.1. The zero-order valence-corrected chi connectivity index (χ0v) is 11.3. The second-order valence-electron chi connectivity index (χ2n) is 4.59. The van der Waals surface area contributed by atoms with Crippen LogP contribution < -0.4 is 10.5 Å². The molecular weight excluding hydrogens is 270 g/mol. The number of nitrogens with two attached hydrogens (primary N) is 1. The minimum absolute atomic E-state index is 0.0333. The molecule has 5 heteroatoms. The number of ether oxygens (including phenoxy) is 1. The average Bonchev–Trinajstić information content (AvgIpc) is 2.91. The second kappa shape index (κ2) is 4.31. The molecule has 0 saturated heterocycles. The van der Waals surface area contributed by atoms with Gasteiger partial charge in [0.15, 0.2) is 0 Å². The lowest BCUT2D eigenvalue weighted by molar-refractivity contribution is 0.452. The van der Waals surface area contributed by atoms with Crippen LogP contribution >= 0.6 is 11.3 Å². The molecule has 4 rings (SSSR count). The maximum atomic E-state index is 5.96. The molecule has 0 saturated carbocycles. The first-order chi connectivity index (χ1) is 9.83. The third kappa shape index (κ3) is 1.67. The van der Waals surface area contributed by atoms with E-state index in [1.165, 1.54) is 11.3 Å². The molecule has 20 heavy (non-hydrogen) atoms. The van der Waals surface area contributed by atoms with Gasteiger partial charge in [-0.3, -0.25) is 0 Å². The first kappa shape index (κ1) is 11.4. The summed E-state index contributed by atoms with van der Waals surface area (Å²) in [5, 5.41) is 9.55. The third-order valence-electron chi connectivity index (χ3n) is 3.38. The van der Waals surface area contributed by atoms with E-state index in [2.05, 4.69) is 22.3 Å². The molecule has 1 aliphatic rings. The van der Waals surface area contributed by atoms with Crippen LogP contribution in [0.15, 0.2) is 48.5 Å². The molecule has 2 N–H and O–H groups in total. The van der Waals surface area contributed by atoms with Gasteiger partial charge in [-0.25, -0.2) is 0 Å². The lowest BCUT2D eigenvalue weighted by Crippen LogP contribution is -2.11. The van der Waals surface area contributed by atoms with Crippen LogP contribution in [0.5, 0.6) is 11.5 Å². The second-order valence-corrected chi connectivity index (χ2v) is 5.63. The van der Waals surface area contributed by atoms with Crippen molar-refractivity contribution in [3.63, 3.8) is 0 Å². The van der Waals surface area contributed by atoms with Crippen molar-refractivity contribution in [2.24, 2.45) is 0 Å². The van der Waals surface area contributed by atoms with Crippen molar-refractivity contribution in [3.8, 4) is 11.5 Å². The smallest absolute Gasteiger partial charge is 0.203 e. The van der Waals surface area contributed by atoms with Crippen molar-refractivity contribution < 1.29 is 4.74 Å². The van der Waals surface area contributed by atoms with Gasteiger partial charge in [-0.1, -0.05) is 47.7 Å². The van der Waals surface area contributed by atoms with Crippen molar-refractivity contribution in [1.82, 2.24) is 10.2 Å². The number of benzene rings is 2. The number of para-hydroxylation sites is 2. The largest absolute Gasteiger partial charge is 0.457 e. The number of hydrogen-bond donors (Lipinski definition) is 1. The summed E-state index contributed by atoms with van der Waals surface area (Å²) in [5.74, 6) is 1.76. The molecule has 2 heterocycles. The number of fused-ring (bicyclic) bond motifs is 2. The Labute approximate surface area is 119 Å². The van der Waals surface area contributed by atoms with E-state index in [0.717, 1.165) is 27.6 Å².